The van der Waals surface area contributed by atoms with Crippen LogP contribution in [-0.4, -0.2) is 41.7 Å². The lowest BCUT2D eigenvalue weighted by Crippen LogP contribution is -2.43. The van der Waals surface area contributed by atoms with E-state index in [9.17, 15) is 10.1 Å². The fraction of sp³-hybridized carbons (Fsp3) is 0.321. The van der Waals surface area contributed by atoms with Crippen LogP contribution in [0.25, 0.3) is 22.4 Å². The van der Waals surface area contributed by atoms with Crippen molar-refractivity contribution in [1.82, 2.24) is 9.88 Å². The van der Waals surface area contributed by atoms with Gasteiger partial charge in [-0.25, -0.2) is 4.98 Å². The minimum absolute atomic E-state index is 0.102. The minimum atomic E-state index is 0.102. The molecule has 1 amide bonds. The van der Waals surface area contributed by atoms with Gasteiger partial charge >= 0.3 is 0 Å². The van der Waals surface area contributed by atoms with Crippen LogP contribution in [0.1, 0.15) is 25.8 Å². The first-order valence-electron chi connectivity index (χ1n) is 11.5. The average molecular weight is 472 g/mol. The van der Waals surface area contributed by atoms with Crippen molar-refractivity contribution in [3.8, 4) is 34.2 Å². The number of carbonyl (C=O) groups excluding carboxylic acids is 1. The molecule has 2 heterocycles. The summed E-state index contributed by atoms with van der Waals surface area (Å²) >= 11 is 1.35. The second kappa shape index (κ2) is 10.8. The summed E-state index contributed by atoms with van der Waals surface area (Å²) in [6, 6.07) is 21.9. The first kappa shape index (κ1) is 23.8. The maximum absolute atomic E-state index is 13.0. The number of pyridine rings is 1. The number of rotatable bonds is 6. The van der Waals surface area contributed by atoms with Crippen LogP contribution in [-0.2, 0) is 4.79 Å². The Morgan fingerprint density at radius 2 is 1.76 bits per heavy atom. The van der Waals surface area contributed by atoms with Crippen molar-refractivity contribution in [3.63, 3.8) is 0 Å². The molecule has 34 heavy (non-hydrogen) atoms. The number of likely N-dealkylation sites (tertiary alicyclic amines) is 1. The van der Waals surface area contributed by atoms with Crippen LogP contribution in [0.5, 0.6) is 5.75 Å². The lowest BCUT2D eigenvalue weighted by Gasteiger charge is -2.35. The van der Waals surface area contributed by atoms with Crippen LogP contribution >= 0.6 is 11.8 Å². The molecular weight excluding hydrogens is 442 g/mol. The Bertz CT molecular complexity index is 1180. The Balaban J connectivity index is 1.68. The summed E-state index contributed by atoms with van der Waals surface area (Å²) in [6.07, 6.45) is 1.15. The van der Waals surface area contributed by atoms with Gasteiger partial charge in [0.25, 0.3) is 0 Å². The molecule has 6 heteroatoms. The number of nitrogens with zero attached hydrogens (tertiary/aromatic N) is 3. The molecule has 1 aliphatic heterocycles. The summed E-state index contributed by atoms with van der Waals surface area (Å²) in [4.78, 5) is 19.8. The Hall–Kier alpha value is -3.30. The lowest BCUT2D eigenvalue weighted by molar-refractivity contribution is -0.130. The number of piperidine rings is 1. The third-order valence-corrected chi connectivity index (χ3v) is 7.08. The van der Waals surface area contributed by atoms with Gasteiger partial charge in [0.15, 0.2) is 0 Å². The largest absolute Gasteiger partial charge is 0.497 e. The highest BCUT2D eigenvalue weighted by Gasteiger charge is 2.26. The van der Waals surface area contributed by atoms with E-state index in [-0.39, 0.29) is 11.7 Å². The number of nitriles is 1. The summed E-state index contributed by atoms with van der Waals surface area (Å²) < 4.78 is 5.29. The smallest absolute Gasteiger partial charge is 0.233 e. The van der Waals surface area contributed by atoms with Gasteiger partial charge in [0.1, 0.15) is 16.8 Å². The molecule has 1 aromatic heterocycles. The first-order chi connectivity index (χ1) is 16.5. The lowest BCUT2D eigenvalue weighted by atomic mass is 9.92. The zero-order valence-electron chi connectivity index (χ0n) is 19.8. The third-order valence-electron chi connectivity index (χ3n) is 6.12. The van der Waals surface area contributed by atoms with E-state index in [1.165, 1.54) is 11.8 Å². The topological polar surface area (TPSA) is 66.2 Å². The van der Waals surface area contributed by atoms with E-state index in [4.69, 9.17) is 9.72 Å². The molecular formula is C28H29N3O2S. The number of hydrogen-bond donors (Lipinski definition) is 0. The molecule has 3 aromatic rings. The molecule has 1 saturated heterocycles. The number of thioether (sulfide) groups is 1. The maximum Gasteiger partial charge on any atom is 0.233 e. The maximum atomic E-state index is 13.0. The molecule has 2 unspecified atom stereocenters. The molecule has 2 aromatic carbocycles. The van der Waals surface area contributed by atoms with Gasteiger partial charge in [-0.3, -0.25) is 4.79 Å². The van der Waals surface area contributed by atoms with Gasteiger partial charge in [-0.15, -0.1) is 0 Å². The fourth-order valence-electron chi connectivity index (χ4n) is 4.58. The molecule has 0 spiro atoms. The van der Waals surface area contributed by atoms with Crippen molar-refractivity contribution < 1.29 is 9.53 Å². The van der Waals surface area contributed by atoms with Crippen molar-refractivity contribution >= 4 is 17.7 Å². The first-order valence-corrected chi connectivity index (χ1v) is 12.5. The van der Waals surface area contributed by atoms with Crippen LogP contribution in [0.4, 0.5) is 0 Å². The molecule has 0 saturated carbocycles. The summed E-state index contributed by atoms with van der Waals surface area (Å²) in [6.45, 7) is 5.98. The Morgan fingerprint density at radius 3 is 2.38 bits per heavy atom. The van der Waals surface area contributed by atoms with E-state index in [0.717, 1.165) is 47.6 Å². The third kappa shape index (κ3) is 5.43. The normalized spacial score (nSPS) is 17.8. The molecule has 0 N–H and O–H groups in total. The Kier molecular flexibility index (Phi) is 7.54. The van der Waals surface area contributed by atoms with Gasteiger partial charge < -0.3 is 9.64 Å². The summed E-state index contributed by atoms with van der Waals surface area (Å²) in [5, 5.41) is 10.6. The predicted molar refractivity (Wildman–Crippen MR) is 137 cm³/mol. The van der Waals surface area contributed by atoms with Crippen molar-refractivity contribution in [2.75, 3.05) is 26.0 Å². The second-order valence-electron chi connectivity index (χ2n) is 8.97. The Morgan fingerprint density at radius 1 is 1.09 bits per heavy atom. The monoisotopic (exact) mass is 471 g/mol. The van der Waals surface area contributed by atoms with Gasteiger partial charge in [-0.1, -0.05) is 55.9 Å². The number of benzene rings is 2. The number of aromatic nitrogens is 1. The molecule has 1 aliphatic rings. The Labute approximate surface area is 205 Å². The summed E-state index contributed by atoms with van der Waals surface area (Å²) in [7, 11) is 1.64. The van der Waals surface area contributed by atoms with Gasteiger partial charge in [0, 0.05) is 24.2 Å². The van der Waals surface area contributed by atoms with E-state index in [1.807, 2.05) is 65.6 Å². The quantitative estimate of drug-likeness (QED) is 0.419. The van der Waals surface area contributed by atoms with Gasteiger partial charge in [0.2, 0.25) is 5.91 Å². The highest BCUT2D eigenvalue weighted by atomic mass is 32.2. The number of amides is 1. The molecule has 5 nitrogen and oxygen atoms in total. The second-order valence-corrected chi connectivity index (χ2v) is 9.94. The fourth-order valence-corrected chi connectivity index (χ4v) is 5.48. The molecule has 0 radical (unpaired) electrons. The van der Waals surface area contributed by atoms with E-state index in [1.54, 1.807) is 7.11 Å². The number of hydrogen-bond acceptors (Lipinski definition) is 5. The van der Waals surface area contributed by atoms with E-state index in [2.05, 4.69) is 19.9 Å². The number of carbonyl (C=O) groups is 1. The molecule has 0 bridgehead atoms. The van der Waals surface area contributed by atoms with E-state index < -0.39 is 0 Å². The highest BCUT2D eigenvalue weighted by molar-refractivity contribution is 8.00. The zero-order valence-corrected chi connectivity index (χ0v) is 20.6. The highest BCUT2D eigenvalue weighted by Crippen LogP contribution is 2.35. The number of methoxy groups -OCH3 is 1. The minimum Gasteiger partial charge on any atom is -0.497 e. The predicted octanol–water partition coefficient (Wildman–Crippen LogP) is 5.89. The summed E-state index contributed by atoms with van der Waals surface area (Å²) in [5.41, 5.74) is 3.95. The van der Waals surface area contributed by atoms with Crippen LogP contribution in [0.3, 0.4) is 0 Å². The van der Waals surface area contributed by atoms with Crippen LogP contribution in [0, 0.1) is 23.2 Å². The van der Waals surface area contributed by atoms with Crippen molar-refractivity contribution in [2.24, 2.45) is 11.8 Å². The van der Waals surface area contributed by atoms with Crippen molar-refractivity contribution in [2.45, 2.75) is 25.3 Å². The summed E-state index contributed by atoms with van der Waals surface area (Å²) in [5.74, 6) is 2.15. The van der Waals surface area contributed by atoms with Crippen molar-refractivity contribution in [1.29, 1.82) is 5.26 Å². The number of ether oxygens (including phenoxy) is 1. The van der Waals surface area contributed by atoms with Crippen LogP contribution in [0.2, 0.25) is 0 Å². The van der Waals surface area contributed by atoms with Gasteiger partial charge in [-0.2, -0.15) is 5.26 Å². The average Bonchev–Trinajstić information content (AvgIpc) is 2.86. The molecule has 4 rings (SSSR count). The van der Waals surface area contributed by atoms with Gasteiger partial charge in [-0.05, 0) is 54.2 Å². The molecule has 174 valence electrons. The van der Waals surface area contributed by atoms with Crippen molar-refractivity contribution in [3.05, 3.63) is 66.2 Å². The molecule has 2 atom stereocenters. The van der Waals surface area contributed by atoms with Gasteiger partial charge in [0.05, 0.1) is 24.1 Å². The van der Waals surface area contributed by atoms with Crippen LogP contribution in [0.15, 0.2) is 65.7 Å². The standard InChI is InChI=1S/C28H29N3O2S/c1-19-13-20(2)17-31(16-19)27(32)18-34-28-25(15-29)24(21-7-5-4-6-8-21)14-26(30-28)22-9-11-23(33-3)12-10-22/h4-12,14,19-20H,13,16-18H2,1-3H3. The van der Waals surface area contributed by atoms with Crippen LogP contribution < -0.4 is 4.74 Å². The van der Waals surface area contributed by atoms with E-state index >= 15 is 0 Å². The zero-order chi connectivity index (χ0) is 24.1. The molecule has 1 fully saturated rings. The molecule has 0 aliphatic carbocycles. The van der Waals surface area contributed by atoms with E-state index in [0.29, 0.717) is 22.4 Å². The SMILES string of the molecule is COc1ccc(-c2cc(-c3ccccc3)c(C#N)c(SCC(=O)N3CC(C)CC(C)C3)n2)cc1.